The molecular formula is C4H11N2O. The number of hydrogen-bond acceptors (Lipinski definition) is 2. The van der Waals surface area contributed by atoms with Crippen LogP contribution in [0.3, 0.4) is 0 Å². The van der Waals surface area contributed by atoms with Crippen molar-refractivity contribution >= 4 is 0 Å². The number of hydrogen-bond donors (Lipinski definition) is 0. The van der Waals surface area contributed by atoms with Crippen molar-refractivity contribution < 1.29 is 4.74 Å². The van der Waals surface area contributed by atoms with Gasteiger partial charge in [-0.1, -0.05) is 0 Å². The molecule has 0 aliphatic rings. The van der Waals surface area contributed by atoms with E-state index in [0.717, 1.165) is 0 Å². The molecule has 0 saturated heterocycles. The minimum absolute atomic E-state index is 0.514. The lowest BCUT2D eigenvalue weighted by molar-refractivity contribution is -0.00409. The van der Waals surface area contributed by atoms with Gasteiger partial charge in [-0.15, -0.1) is 0 Å². The van der Waals surface area contributed by atoms with E-state index in [-0.39, 0.29) is 0 Å². The third kappa shape index (κ3) is 2.56. The molecule has 3 nitrogen and oxygen atoms in total. The predicted molar refractivity (Wildman–Crippen MR) is 27.6 cm³/mol. The minimum atomic E-state index is -0.514. The average molecular weight is 103 g/mol. The van der Waals surface area contributed by atoms with E-state index in [1.54, 1.807) is 19.0 Å². The van der Waals surface area contributed by atoms with Crippen molar-refractivity contribution in [1.82, 2.24) is 10.6 Å². The molecule has 0 aliphatic carbocycles. The largest absolute Gasteiger partial charge is 0.352 e. The summed E-state index contributed by atoms with van der Waals surface area (Å²) >= 11 is 0. The van der Waals surface area contributed by atoms with Crippen LogP contribution in [0.1, 0.15) is 0 Å². The Balaban J connectivity index is 3.14. The number of nitrogens with one attached hydrogen (secondary N) is 1. The first-order chi connectivity index (χ1) is 3.18. The molecule has 0 aromatic carbocycles. The van der Waals surface area contributed by atoms with Crippen LogP contribution in [0.25, 0.3) is 0 Å². The first kappa shape index (κ1) is 6.88. The van der Waals surface area contributed by atoms with E-state index in [2.05, 4.69) is 4.74 Å². The van der Waals surface area contributed by atoms with Crippen LogP contribution in [0.2, 0.25) is 0 Å². The standard InChI is InChI=1S/C4H11N2O/c1-6(2)4(5)7-3/h4-5H,1-3H3. The van der Waals surface area contributed by atoms with Crippen LogP contribution in [0.4, 0.5) is 0 Å². The molecule has 7 heavy (non-hydrogen) atoms. The Morgan fingerprint density at radius 1 is 1.57 bits per heavy atom. The SMILES string of the molecule is COC([NH])N(C)C. The Hall–Kier alpha value is -0.120. The second-order valence-electron chi connectivity index (χ2n) is 1.55. The normalized spacial score (nSPS) is 15.0. The quantitative estimate of drug-likeness (QED) is 0.452. The maximum absolute atomic E-state index is 6.98. The van der Waals surface area contributed by atoms with Crippen molar-refractivity contribution in [2.24, 2.45) is 0 Å². The van der Waals surface area contributed by atoms with Crippen LogP contribution in [0.15, 0.2) is 0 Å². The molecule has 0 saturated carbocycles. The maximum atomic E-state index is 6.98. The molecule has 0 fully saturated rings. The Bertz CT molecular complexity index is 47.0. The zero-order valence-corrected chi connectivity index (χ0v) is 4.93. The lowest BCUT2D eigenvalue weighted by Gasteiger charge is -2.15. The molecular weight excluding hydrogens is 92.1 g/mol. The predicted octanol–water partition coefficient (Wildman–Crippen LogP) is -0.239. The summed E-state index contributed by atoms with van der Waals surface area (Å²) in [5.41, 5.74) is 6.98. The van der Waals surface area contributed by atoms with Gasteiger partial charge >= 0.3 is 0 Å². The molecule has 1 radical (unpaired) electrons. The van der Waals surface area contributed by atoms with Crippen LogP contribution in [-0.4, -0.2) is 32.5 Å². The van der Waals surface area contributed by atoms with Crippen molar-refractivity contribution in [1.29, 1.82) is 0 Å². The third-order valence-corrected chi connectivity index (χ3v) is 0.692. The summed E-state index contributed by atoms with van der Waals surface area (Å²) in [6, 6.07) is 0. The van der Waals surface area contributed by atoms with Gasteiger partial charge in [0, 0.05) is 7.11 Å². The number of nitrogens with zero attached hydrogens (tertiary/aromatic N) is 1. The highest BCUT2D eigenvalue weighted by Gasteiger charge is 1.99. The van der Waals surface area contributed by atoms with E-state index in [1.165, 1.54) is 7.11 Å². The molecule has 0 heterocycles. The van der Waals surface area contributed by atoms with Gasteiger partial charge in [-0.2, -0.15) is 0 Å². The summed E-state index contributed by atoms with van der Waals surface area (Å²) < 4.78 is 4.60. The number of methoxy groups -OCH3 is 1. The zero-order chi connectivity index (χ0) is 5.86. The van der Waals surface area contributed by atoms with E-state index in [1.807, 2.05) is 0 Å². The molecule has 0 amide bonds. The smallest absolute Gasteiger partial charge is 0.177 e. The summed E-state index contributed by atoms with van der Waals surface area (Å²) in [4.78, 5) is 1.67. The van der Waals surface area contributed by atoms with Crippen molar-refractivity contribution in [3.8, 4) is 0 Å². The van der Waals surface area contributed by atoms with Crippen LogP contribution in [0, 0.1) is 0 Å². The Morgan fingerprint density at radius 2 is 2.00 bits per heavy atom. The maximum Gasteiger partial charge on any atom is 0.177 e. The minimum Gasteiger partial charge on any atom is -0.352 e. The molecule has 43 valence electrons. The van der Waals surface area contributed by atoms with E-state index >= 15 is 0 Å². The molecule has 0 aromatic heterocycles. The van der Waals surface area contributed by atoms with Gasteiger partial charge in [0.25, 0.3) is 0 Å². The molecule has 0 spiro atoms. The summed E-state index contributed by atoms with van der Waals surface area (Å²) in [6.07, 6.45) is -0.514. The van der Waals surface area contributed by atoms with E-state index < -0.39 is 6.35 Å². The average Bonchev–Trinajstić information content (AvgIpc) is 1.65. The van der Waals surface area contributed by atoms with Crippen LogP contribution < -0.4 is 5.73 Å². The van der Waals surface area contributed by atoms with Gasteiger partial charge in [-0.3, -0.25) is 4.90 Å². The van der Waals surface area contributed by atoms with Crippen molar-refractivity contribution in [3.05, 3.63) is 0 Å². The molecule has 1 atom stereocenters. The first-order valence-corrected chi connectivity index (χ1v) is 2.09. The van der Waals surface area contributed by atoms with Gasteiger partial charge in [-0.25, -0.2) is 5.73 Å². The molecule has 1 N–H and O–H groups in total. The fourth-order valence-corrected chi connectivity index (χ4v) is 0.211. The van der Waals surface area contributed by atoms with Crippen LogP contribution in [0.5, 0.6) is 0 Å². The van der Waals surface area contributed by atoms with E-state index in [0.29, 0.717) is 0 Å². The van der Waals surface area contributed by atoms with E-state index in [4.69, 9.17) is 5.73 Å². The molecule has 3 heteroatoms. The summed E-state index contributed by atoms with van der Waals surface area (Å²) in [7, 11) is 5.10. The Kier molecular flexibility index (Phi) is 2.91. The summed E-state index contributed by atoms with van der Waals surface area (Å²) in [5.74, 6) is 0. The molecule has 0 bridgehead atoms. The topological polar surface area (TPSA) is 36.3 Å². The summed E-state index contributed by atoms with van der Waals surface area (Å²) in [6.45, 7) is 0. The second kappa shape index (κ2) is 2.96. The van der Waals surface area contributed by atoms with Crippen molar-refractivity contribution in [2.75, 3.05) is 21.2 Å². The van der Waals surface area contributed by atoms with Gasteiger partial charge in [0.05, 0.1) is 0 Å². The fraction of sp³-hybridized carbons (Fsp3) is 1.00. The fourth-order valence-electron chi connectivity index (χ4n) is 0.211. The van der Waals surface area contributed by atoms with Gasteiger partial charge in [0.1, 0.15) is 0 Å². The lowest BCUT2D eigenvalue weighted by Crippen LogP contribution is -2.30. The highest BCUT2D eigenvalue weighted by atomic mass is 16.5. The third-order valence-electron chi connectivity index (χ3n) is 0.692. The molecule has 0 aromatic rings. The highest BCUT2D eigenvalue weighted by Crippen LogP contribution is 1.82. The van der Waals surface area contributed by atoms with Crippen LogP contribution >= 0.6 is 0 Å². The first-order valence-electron chi connectivity index (χ1n) is 2.09. The van der Waals surface area contributed by atoms with Crippen LogP contribution in [-0.2, 0) is 4.74 Å². The number of ether oxygens (including phenoxy) is 1. The van der Waals surface area contributed by atoms with Gasteiger partial charge in [-0.05, 0) is 14.1 Å². The lowest BCUT2D eigenvalue weighted by atomic mass is 10.8. The van der Waals surface area contributed by atoms with Gasteiger partial charge in [0.15, 0.2) is 6.35 Å². The van der Waals surface area contributed by atoms with Crippen molar-refractivity contribution in [3.63, 3.8) is 0 Å². The van der Waals surface area contributed by atoms with Crippen molar-refractivity contribution in [2.45, 2.75) is 6.35 Å². The monoisotopic (exact) mass is 103 g/mol. The van der Waals surface area contributed by atoms with E-state index in [9.17, 15) is 0 Å². The Labute approximate surface area is 44.0 Å². The summed E-state index contributed by atoms with van der Waals surface area (Å²) in [5, 5.41) is 0. The second-order valence-corrected chi connectivity index (χ2v) is 1.55. The molecule has 0 rings (SSSR count). The zero-order valence-electron chi connectivity index (χ0n) is 4.93. The highest BCUT2D eigenvalue weighted by molar-refractivity contribution is 4.36. The van der Waals surface area contributed by atoms with Gasteiger partial charge in [0.2, 0.25) is 0 Å². The molecule has 1 unspecified atom stereocenters. The van der Waals surface area contributed by atoms with Gasteiger partial charge < -0.3 is 4.74 Å². The number of rotatable bonds is 2. The molecule has 0 aliphatic heterocycles. The Morgan fingerprint density at radius 3 is 2.00 bits per heavy atom.